The fourth-order valence-electron chi connectivity index (χ4n) is 2.71. The molecule has 1 atom stereocenters. The number of carbonyl (C=O) groups is 2. The number of carbonyl (C=O) groups excluding carboxylic acids is 2. The summed E-state index contributed by atoms with van der Waals surface area (Å²) in [6.07, 6.45) is 4.73. The average molecular weight is 269 g/mol. The lowest BCUT2D eigenvalue weighted by Gasteiger charge is -2.35. The Hall–Kier alpha value is -1.10. The SMILES string of the molecule is CCCN(CCC)CC(=O)N1CCCCC1C(N)=O. The first kappa shape index (κ1) is 16.0. The van der Waals surface area contributed by atoms with Gasteiger partial charge in [0.15, 0.2) is 0 Å². The first-order valence-electron chi connectivity index (χ1n) is 7.41. The molecule has 0 aromatic heterocycles. The van der Waals surface area contributed by atoms with E-state index in [1.54, 1.807) is 4.90 Å². The van der Waals surface area contributed by atoms with Gasteiger partial charge in [-0.3, -0.25) is 14.5 Å². The Balaban J connectivity index is 2.60. The lowest BCUT2D eigenvalue weighted by Crippen LogP contribution is -2.53. The van der Waals surface area contributed by atoms with Crippen molar-refractivity contribution < 1.29 is 9.59 Å². The maximum absolute atomic E-state index is 12.3. The molecule has 0 spiro atoms. The van der Waals surface area contributed by atoms with Gasteiger partial charge in [-0.05, 0) is 45.2 Å². The Labute approximate surface area is 116 Å². The third-order valence-corrected chi connectivity index (χ3v) is 3.59. The summed E-state index contributed by atoms with van der Waals surface area (Å²) >= 11 is 0. The van der Waals surface area contributed by atoms with Crippen molar-refractivity contribution >= 4 is 11.8 Å². The molecule has 1 saturated heterocycles. The Morgan fingerprint density at radius 3 is 2.37 bits per heavy atom. The summed E-state index contributed by atoms with van der Waals surface area (Å²) in [7, 11) is 0. The van der Waals surface area contributed by atoms with Gasteiger partial charge in [0.1, 0.15) is 6.04 Å². The van der Waals surface area contributed by atoms with Gasteiger partial charge < -0.3 is 10.6 Å². The van der Waals surface area contributed by atoms with Crippen molar-refractivity contribution in [2.75, 3.05) is 26.2 Å². The highest BCUT2D eigenvalue weighted by molar-refractivity contribution is 5.87. The monoisotopic (exact) mass is 269 g/mol. The number of amides is 2. The van der Waals surface area contributed by atoms with E-state index in [-0.39, 0.29) is 11.8 Å². The number of rotatable bonds is 7. The topological polar surface area (TPSA) is 66.6 Å². The summed E-state index contributed by atoms with van der Waals surface area (Å²) in [5.74, 6) is -0.323. The number of hydrogen-bond donors (Lipinski definition) is 1. The molecule has 1 fully saturated rings. The van der Waals surface area contributed by atoms with Gasteiger partial charge in [-0.2, -0.15) is 0 Å². The van der Waals surface area contributed by atoms with E-state index < -0.39 is 6.04 Å². The van der Waals surface area contributed by atoms with Crippen LogP contribution in [0.4, 0.5) is 0 Å². The molecule has 0 aliphatic carbocycles. The van der Waals surface area contributed by atoms with Crippen molar-refractivity contribution in [2.24, 2.45) is 5.73 Å². The van der Waals surface area contributed by atoms with Crippen molar-refractivity contribution in [3.05, 3.63) is 0 Å². The van der Waals surface area contributed by atoms with Gasteiger partial charge in [0.25, 0.3) is 0 Å². The minimum Gasteiger partial charge on any atom is -0.368 e. The molecule has 110 valence electrons. The van der Waals surface area contributed by atoms with Crippen molar-refractivity contribution in [1.82, 2.24) is 9.80 Å². The van der Waals surface area contributed by atoms with E-state index >= 15 is 0 Å². The van der Waals surface area contributed by atoms with E-state index in [4.69, 9.17) is 5.73 Å². The van der Waals surface area contributed by atoms with Crippen molar-refractivity contribution in [3.8, 4) is 0 Å². The van der Waals surface area contributed by atoms with E-state index in [1.807, 2.05) is 0 Å². The van der Waals surface area contributed by atoms with Crippen LogP contribution in [0, 0.1) is 0 Å². The van der Waals surface area contributed by atoms with E-state index in [0.29, 0.717) is 19.5 Å². The van der Waals surface area contributed by atoms with Gasteiger partial charge in [-0.25, -0.2) is 0 Å². The zero-order valence-electron chi connectivity index (χ0n) is 12.2. The number of nitrogens with zero attached hydrogens (tertiary/aromatic N) is 2. The second-order valence-corrected chi connectivity index (χ2v) is 5.28. The molecule has 1 aliphatic rings. The Morgan fingerprint density at radius 1 is 1.21 bits per heavy atom. The third kappa shape index (κ3) is 4.82. The van der Waals surface area contributed by atoms with Gasteiger partial charge in [0, 0.05) is 6.54 Å². The predicted octanol–water partition coefficient (Wildman–Crippen LogP) is 0.975. The largest absolute Gasteiger partial charge is 0.368 e. The summed E-state index contributed by atoms with van der Waals surface area (Å²) in [5, 5.41) is 0. The molecule has 0 aromatic rings. The van der Waals surface area contributed by atoms with Gasteiger partial charge in [-0.1, -0.05) is 13.8 Å². The summed E-state index contributed by atoms with van der Waals surface area (Å²) in [6, 6.07) is -0.397. The van der Waals surface area contributed by atoms with Crippen LogP contribution in [0.5, 0.6) is 0 Å². The van der Waals surface area contributed by atoms with Crippen molar-refractivity contribution in [3.63, 3.8) is 0 Å². The molecule has 1 aliphatic heterocycles. The van der Waals surface area contributed by atoms with Gasteiger partial charge >= 0.3 is 0 Å². The minimum atomic E-state index is -0.397. The summed E-state index contributed by atoms with van der Waals surface area (Å²) in [5.41, 5.74) is 5.40. The Kier molecular flexibility index (Phi) is 6.84. The molecule has 0 aromatic carbocycles. The highest BCUT2D eigenvalue weighted by atomic mass is 16.2. The highest BCUT2D eigenvalue weighted by Crippen LogP contribution is 2.17. The average Bonchev–Trinajstić information content (AvgIpc) is 2.39. The van der Waals surface area contributed by atoms with Crippen molar-refractivity contribution in [2.45, 2.75) is 52.0 Å². The van der Waals surface area contributed by atoms with E-state index in [9.17, 15) is 9.59 Å². The molecule has 2 N–H and O–H groups in total. The van der Waals surface area contributed by atoms with Crippen LogP contribution in [-0.2, 0) is 9.59 Å². The van der Waals surface area contributed by atoms with Gasteiger partial charge in [-0.15, -0.1) is 0 Å². The number of nitrogens with two attached hydrogens (primary N) is 1. The first-order valence-corrected chi connectivity index (χ1v) is 7.41. The van der Waals surface area contributed by atoms with Crippen LogP contribution in [0.2, 0.25) is 0 Å². The maximum Gasteiger partial charge on any atom is 0.240 e. The number of likely N-dealkylation sites (tertiary alicyclic amines) is 1. The van der Waals surface area contributed by atoms with Crippen LogP contribution in [0.25, 0.3) is 0 Å². The number of hydrogen-bond acceptors (Lipinski definition) is 3. The Morgan fingerprint density at radius 2 is 1.84 bits per heavy atom. The number of piperidine rings is 1. The number of primary amides is 1. The van der Waals surface area contributed by atoms with E-state index in [1.165, 1.54) is 0 Å². The molecule has 5 nitrogen and oxygen atoms in total. The zero-order chi connectivity index (χ0) is 14.3. The van der Waals surface area contributed by atoms with Crippen LogP contribution >= 0.6 is 0 Å². The molecule has 0 saturated carbocycles. The molecule has 1 rings (SSSR count). The maximum atomic E-state index is 12.3. The van der Waals surface area contributed by atoms with Crippen molar-refractivity contribution in [1.29, 1.82) is 0 Å². The molecule has 1 unspecified atom stereocenters. The zero-order valence-corrected chi connectivity index (χ0v) is 12.2. The Bertz CT molecular complexity index is 301. The van der Waals surface area contributed by atoms with Crippen LogP contribution in [0.1, 0.15) is 46.0 Å². The van der Waals surface area contributed by atoms with Crippen LogP contribution < -0.4 is 5.73 Å². The predicted molar refractivity (Wildman–Crippen MR) is 75.6 cm³/mol. The molecule has 5 heteroatoms. The summed E-state index contributed by atoms with van der Waals surface area (Å²) in [6.45, 7) is 7.15. The van der Waals surface area contributed by atoms with E-state index in [2.05, 4.69) is 18.7 Å². The normalized spacial score (nSPS) is 19.7. The van der Waals surface area contributed by atoms with Crippen LogP contribution in [0.15, 0.2) is 0 Å². The van der Waals surface area contributed by atoms with Gasteiger partial charge in [0.05, 0.1) is 6.54 Å². The van der Waals surface area contributed by atoms with Gasteiger partial charge in [0.2, 0.25) is 11.8 Å². The van der Waals surface area contributed by atoms with Crippen LogP contribution in [0.3, 0.4) is 0 Å². The van der Waals surface area contributed by atoms with E-state index in [0.717, 1.165) is 38.8 Å². The quantitative estimate of drug-likeness (QED) is 0.749. The lowest BCUT2D eigenvalue weighted by atomic mass is 10.0. The van der Waals surface area contributed by atoms with Crippen LogP contribution in [-0.4, -0.2) is 53.8 Å². The first-order chi connectivity index (χ1) is 9.10. The highest BCUT2D eigenvalue weighted by Gasteiger charge is 2.30. The smallest absolute Gasteiger partial charge is 0.240 e. The molecule has 0 bridgehead atoms. The fourth-order valence-corrected chi connectivity index (χ4v) is 2.71. The lowest BCUT2D eigenvalue weighted by molar-refractivity contribution is -0.142. The molecular weight excluding hydrogens is 242 g/mol. The third-order valence-electron chi connectivity index (χ3n) is 3.59. The second-order valence-electron chi connectivity index (χ2n) is 5.28. The molecule has 0 radical (unpaired) electrons. The standard InChI is InChI=1S/C14H27N3O2/c1-3-8-16(9-4-2)11-13(18)17-10-6-5-7-12(17)14(15)19/h12H,3-11H2,1-2H3,(H2,15,19). The fraction of sp³-hybridized carbons (Fsp3) is 0.857. The molecular formula is C14H27N3O2. The molecule has 2 amide bonds. The second kappa shape index (κ2) is 8.15. The summed E-state index contributed by atoms with van der Waals surface area (Å²) < 4.78 is 0. The summed E-state index contributed by atoms with van der Waals surface area (Å²) in [4.78, 5) is 27.6. The molecule has 1 heterocycles. The molecule has 19 heavy (non-hydrogen) atoms. The minimum absolute atomic E-state index is 0.0467.